The zero-order valence-electron chi connectivity index (χ0n) is 12.6. The molecule has 1 saturated carbocycles. The average molecular weight is 309 g/mol. The second-order valence-corrected chi connectivity index (χ2v) is 7.28. The first kappa shape index (κ1) is 14.5. The molecule has 1 aliphatic carbocycles. The number of rotatable bonds is 1. The van der Waals surface area contributed by atoms with Crippen LogP contribution < -0.4 is 10.2 Å². The summed E-state index contributed by atoms with van der Waals surface area (Å²) in [4.78, 5) is 14.2. The normalized spacial score (nSPS) is 21.5. The van der Waals surface area contributed by atoms with E-state index in [4.69, 9.17) is 16.3 Å². The molecule has 1 heterocycles. The molecule has 2 aliphatic rings. The summed E-state index contributed by atoms with van der Waals surface area (Å²) >= 11 is 6.08. The van der Waals surface area contributed by atoms with Crippen LogP contribution in [0.1, 0.15) is 33.6 Å². The van der Waals surface area contributed by atoms with Crippen LogP contribution >= 0.6 is 11.6 Å². The third-order valence-corrected chi connectivity index (χ3v) is 4.01. The molecule has 1 aromatic rings. The van der Waals surface area contributed by atoms with E-state index < -0.39 is 5.60 Å². The summed E-state index contributed by atoms with van der Waals surface area (Å²) in [5, 5.41) is 4.15. The van der Waals surface area contributed by atoms with Gasteiger partial charge in [-0.25, -0.2) is 4.79 Å². The van der Waals surface area contributed by atoms with Gasteiger partial charge in [-0.15, -0.1) is 0 Å². The summed E-state index contributed by atoms with van der Waals surface area (Å²) in [7, 11) is 0. The predicted molar refractivity (Wildman–Crippen MR) is 85.2 cm³/mol. The molecule has 0 spiro atoms. The molecule has 0 unspecified atom stereocenters. The predicted octanol–water partition coefficient (Wildman–Crippen LogP) is 4.29. The van der Waals surface area contributed by atoms with E-state index in [1.165, 1.54) is 12.8 Å². The van der Waals surface area contributed by atoms with E-state index in [2.05, 4.69) is 5.32 Å². The van der Waals surface area contributed by atoms with Crippen LogP contribution in [0.3, 0.4) is 0 Å². The van der Waals surface area contributed by atoms with Crippen molar-refractivity contribution in [1.82, 2.24) is 0 Å². The van der Waals surface area contributed by atoms with Crippen molar-refractivity contribution in [1.29, 1.82) is 0 Å². The number of anilines is 2. The Balaban J connectivity index is 1.90. The maximum absolute atomic E-state index is 12.5. The number of halogens is 1. The standard InChI is InChI=1S/C16H21ClN2O2/c1-16(2,3)21-15(20)19-9-13(10-4-5-10)18-12-7-6-11(17)8-14(12)19/h6-8,10,13,18H,4-5,9H2,1-3H3/t13-/m1/s1. The Morgan fingerprint density at radius 1 is 1.38 bits per heavy atom. The van der Waals surface area contributed by atoms with Gasteiger partial charge in [-0.2, -0.15) is 0 Å². The van der Waals surface area contributed by atoms with Gasteiger partial charge >= 0.3 is 6.09 Å². The van der Waals surface area contributed by atoms with Crippen LogP contribution in [0.4, 0.5) is 16.2 Å². The van der Waals surface area contributed by atoms with Crippen LogP contribution in [0.15, 0.2) is 18.2 Å². The summed E-state index contributed by atoms with van der Waals surface area (Å²) in [6.07, 6.45) is 2.14. The van der Waals surface area contributed by atoms with Crippen LogP contribution in [0.2, 0.25) is 5.02 Å². The van der Waals surface area contributed by atoms with Crippen molar-refractivity contribution in [3.8, 4) is 0 Å². The number of amides is 1. The van der Waals surface area contributed by atoms with Crippen molar-refractivity contribution >= 4 is 29.1 Å². The van der Waals surface area contributed by atoms with Gasteiger partial charge in [0.1, 0.15) is 5.60 Å². The van der Waals surface area contributed by atoms with Crippen LogP contribution in [-0.4, -0.2) is 24.3 Å². The lowest BCUT2D eigenvalue weighted by atomic mass is 10.1. The Kier molecular flexibility index (Phi) is 3.52. The Morgan fingerprint density at radius 2 is 2.10 bits per heavy atom. The van der Waals surface area contributed by atoms with Gasteiger partial charge in [0, 0.05) is 17.6 Å². The summed E-state index contributed by atoms with van der Waals surface area (Å²) < 4.78 is 5.54. The monoisotopic (exact) mass is 308 g/mol. The molecule has 4 nitrogen and oxygen atoms in total. The van der Waals surface area contributed by atoms with Gasteiger partial charge in [0.2, 0.25) is 0 Å². The number of benzene rings is 1. The molecule has 1 fully saturated rings. The summed E-state index contributed by atoms with van der Waals surface area (Å²) in [6, 6.07) is 5.89. The maximum atomic E-state index is 12.5. The first-order chi connectivity index (χ1) is 9.83. The fourth-order valence-electron chi connectivity index (χ4n) is 2.65. The highest BCUT2D eigenvalue weighted by Crippen LogP contribution is 2.41. The van der Waals surface area contributed by atoms with Crippen molar-refractivity contribution < 1.29 is 9.53 Å². The van der Waals surface area contributed by atoms with Crippen LogP contribution in [-0.2, 0) is 4.74 Å². The number of fused-ring (bicyclic) bond motifs is 1. The highest BCUT2D eigenvalue weighted by atomic mass is 35.5. The number of nitrogens with zero attached hydrogens (tertiary/aromatic N) is 1. The van der Waals surface area contributed by atoms with E-state index in [0.29, 0.717) is 23.5 Å². The molecule has 21 heavy (non-hydrogen) atoms. The third-order valence-electron chi connectivity index (χ3n) is 3.78. The number of hydrogen-bond acceptors (Lipinski definition) is 3. The molecule has 1 aromatic carbocycles. The molecule has 0 saturated heterocycles. The Bertz CT molecular complexity index is 564. The Labute approximate surface area is 130 Å². The molecule has 3 rings (SSSR count). The minimum absolute atomic E-state index is 0.297. The molecule has 0 radical (unpaired) electrons. The summed E-state index contributed by atoms with van der Waals surface area (Å²) in [5.41, 5.74) is 1.25. The van der Waals surface area contributed by atoms with Gasteiger partial charge in [0.05, 0.1) is 11.4 Å². The minimum Gasteiger partial charge on any atom is -0.443 e. The van der Waals surface area contributed by atoms with E-state index in [-0.39, 0.29) is 6.09 Å². The van der Waals surface area contributed by atoms with Gasteiger partial charge in [-0.3, -0.25) is 4.90 Å². The first-order valence-electron chi connectivity index (χ1n) is 7.40. The van der Waals surface area contributed by atoms with Crippen LogP contribution in [0, 0.1) is 5.92 Å². The second-order valence-electron chi connectivity index (χ2n) is 6.84. The number of carbonyl (C=O) groups excluding carboxylic acids is 1. The number of nitrogens with one attached hydrogen (secondary N) is 1. The molecule has 0 bridgehead atoms. The lowest BCUT2D eigenvalue weighted by molar-refractivity contribution is 0.0577. The molecule has 5 heteroatoms. The van der Waals surface area contributed by atoms with Gasteiger partial charge in [0.15, 0.2) is 0 Å². The molecule has 0 aromatic heterocycles. The van der Waals surface area contributed by atoms with Crippen molar-refractivity contribution in [2.75, 3.05) is 16.8 Å². The highest BCUT2D eigenvalue weighted by Gasteiger charge is 2.38. The van der Waals surface area contributed by atoms with Gasteiger partial charge in [-0.1, -0.05) is 11.6 Å². The van der Waals surface area contributed by atoms with Crippen molar-refractivity contribution in [2.24, 2.45) is 5.92 Å². The smallest absolute Gasteiger partial charge is 0.414 e. The largest absolute Gasteiger partial charge is 0.443 e. The van der Waals surface area contributed by atoms with E-state index in [9.17, 15) is 4.79 Å². The molecule has 114 valence electrons. The number of hydrogen-bond donors (Lipinski definition) is 1. The zero-order valence-corrected chi connectivity index (χ0v) is 13.4. The van der Waals surface area contributed by atoms with Crippen molar-refractivity contribution in [3.05, 3.63) is 23.2 Å². The first-order valence-corrected chi connectivity index (χ1v) is 7.78. The molecule has 1 atom stereocenters. The van der Waals surface area contributed by atoms with Crippen LogP contribution in [0.5, 0.6) is 0 Å². The van der Waals surface area contributed by atoms with Gasteiger partial charge < -0.3 is 10.1 Å². The lowest BCUT2D eigenvalue weighted by Crippen LogP contribution is -2.47. The highest BCUT2D eigenvalue weighted by molar-refractivity contribution is 6.31. The Hall–Kier alpha value is -1.42. The molecule has 1 aliphatic heterocycles. The lowest BCUT2D eigenvalue weighted by Gasteiger charge is -2.37. The number of carbonyl (C=O) groups is 1. The molecular formula is C16H21ClN2O2. The fraction of sp³-hybridized carbons (Fsp3) is 0.562. The zero-order chi connectivity index (χ0) is 15.2. The molecule has 1 amide bonds. The van der Waals surface area contributed by atoms with Crippen LogP contribution in [0.25, 0.3) is 0 Å². The summed E-state index contributed by atoms with van der Waals surface area (Å²) in [6.45, 7) is 6.27. The third kappa shape index (κ3) is 3.26. The second kappa shape index (κ2) is 5.09. The number of ether oxygens (including phenoxy) is 1. The SMILES string of the molecule is CC(C)(C)OC(=O)N1C[C@H](C2CC2)Nc2ccc(Cl)cc21. The summed E-state index contributed by atoms with van der Waals surface area (Å²) in [5.74, 6) is 0.652. The fourth-order valence-corrected chi connectivity index (χ4v) is 2.81. The Morgan fingerprint density at radius 3 is 2.71 bits per heavy atom. The minimum atomic E-state index is -0.504. The molecule has 1 N–H and O–H groups in total. The maximum Gasteiger partial charge on any atom is 0.414 e. The topological polar surface area (TPSA) is 41.6 Å². The van der Waals surface area contributed by atoms with E-state index in [0.717, 1.165) is 11.4 Å². The molecular weight excluding hydrogens is 288 g/mol. The van der Waals surface area contributed by atoms with Crippen molar-refractivity contribution in [2.45, 2.75) is 45.3 Å². The van der Waals surface area contributed by atoms with E-state index >= 15 is 0 Å². The van der Waals surface area contributed by atoms with Crippen molar-refractivity contribution in [3.63, 3.8) is 0 Å². The van der Waals surface area contributed by atoms with Gasteiger partial charge in [-0.05, 0) is 57.7 Å². The quantitative estimate of drug-likeness (QED) is 0.841. The van der Waals surface area contributed by atoms with E-state index in [1.54, 1.807) is 4.90 Å². The van der Waals surface area contributed by atoms with Gasteiger partial charge in [0.25, 0.3) is 0 Å². The van der Waals surface area contributed by atoms with E-state index in [1.807, 2.05) is 39.0 Å². The average Bonchev–Trinajstić information content (AvgIpc) is 3.19.